The van der Waals surface area contributed by atoms with Crippen LogP contribution in [0.2, 0.25) is 0 Å². The lowest BCUT2D eigenvalue weighted by Gasteiger charge is -2.36. The summed E-state index contributed by atoms with van der Waals surface area (Å²) >= 11 is 1.95. The summed E-state index contributed by atoms with van der Waals surface area (Å²) in [5, 5.41) is 0.636. The number of anilines is 1. The van der Waals surface area contributed by atoms with Crippen LogP contribution in [-0.2, 0) is 0 Å². The van der Waals surface area contributed by atoms with Crippen molar-refractivity contribution in [1.29, 1.82) is 0 Å². The average Bonchev–Trinajstić information content (AvgIpc) is 2.78. The van der Waals surface area contributed by atoms with Crippen molar-refractivity contribution < 1.29 is 4.39 Å². The number of pyridine rings is 1. The molecule has 0 spiro atoms. The van der Waals surface area contributed by atoms with Crippen LogP contribution >= 0.6 is 11.9 Å². The lowest BCUT2D eigenvalue weighted by atomic mass is 10.0. The van der Waals surface area contributed by atoms with Gasteiger partial charge in [-0.3, -0.25) is 4.98 Å². The van der Waals surface area contributed by atoms with E-state index < -0.39 is 0 Å². The Balaban J connectivity index is 1.41. The maximum atomic E-state index is 14.1. The number of nitrogens with zero attached hydrogens (tertiary/aromatic N) is 3. The molecule has 1 aliphatic heterocycles. The largest absolute Gasteiger partial charge is 0.369 e. The van der Waals surface area contributed by atoms with E-state index in [9.17, 15) is 4.39 Å². The van der Waals surface area contributed by atoms with Crippen LogP contribution in [0, 0.1) is 5.82 Å². The minimum atomic E-state index is -0.237. The Morgan fingerprint density at radius 3 is 2.19 bits per heavy atom. The molecule has 0 atom stereocenters. The average molecular weight is 434 g/mol. The molecule has 0 bridgehead atoms. The molecule has 2 heterocycles. The van der Waals surface area contributed by atoms with Crippen LogP contribution in [0.3, 0.4) is 0 Å². The third-order valence-corrected chi connectivity index (χ3v) is 6.34. The first-order valence-electron chi connectivity index (χ1n) is 10.7. The fraction of sp³-hybridized carbons (Fsp3) is 0.269. The molecular weight excluding hydrogens is 405 g/mol. The van der Waals surface area contributed by atoms with Gasteiger partial charge in [-0.15, -0.1) is 0 Å². The van der Waals surface area contributed by atoms with Gasteiger partial charge in [-0.25, -0.2) is 8.70 Å². The third kappa shape index (κ3) is 5.96. The van der Waals surface area contributed by atoms with E-state index in [1.165, 1.54) is 5.69 Å². The Bertz CT molecular complexity index is 1010. The highest BCUT2D eigenvalue weighted by molar-refractivity contribution is 7.97. The van der Waals surface area contributed by atoms with Crippen LogP contribution in [0.15, 0.2) is 67.0 Å². The highest BCUT2D eigenvalue weighted by Gasteiger charge is 2.18. The first kappa shape index (κ1) is 21.6. The molecule has 1 saturated heterocycles. The minimum Gasteiger partial charge on any atom is -0.369 e. The summed E-state index contributed by atoms with van der Waals surface area (Å²) in [5.74, 6) is -0.237. The van der Waals surface area contributed by atoms with E-state index in [2.05, 4.69) is 52.3 Å². The fourth-order valence-electron chi connectivity index (χ4n) is 3.76. The zero-order chi connectivity index (χ0) is 21.6. The van der Waals surface area contributed by atoms with Crippen LogP contribution < -0.4 is 4.90 Å². The van der Waals surface area contributed by atoms with E-state index >= 15 is 0 Å². The van der Waals surface area contributed by atoms with Gasteiger partial charge < -0.3 is 4.90 Å². The summed E-state index contributed by atoms with van der Waals surface area (Å²) in [6.45, 7) is 8.76. The summed E-state index contributed by atoms with van der Waals surface area (Å²) in [4.78, 5) is 6.48. The molecule has 4 rings (SSSR count). The minimum absolute atomic E-state index is 0.237. The molecule has 1 aliphatic rings. The van der Waals surface area contributed by atoms with Gasteiger partial charge in [-0.05, 0) is 64.7 Å². The van der Waals surface area contributed by atoms with Crippen molar-refractivity contribution in [3.63, 3.8) is 0 Å². The predicted molar refractivity (Wildman–Crippen MR) is 132 cm³/mol. The van der Waals surface area contributed by atoms with Gasteiger partial charge in [-0.2, -0.15) is 0 Å². The number of rotatable bonds is 6. The van der Waals surface area contributed by atoms with E-state index in [1.54, 1.807) is 24.5 Å². The molecule has 5 heteroatoms. The second-order valence-corrected chi connectivity index (χ2v) is 9.67. The molecule has 0 N–H and O–H groups in total. The maximum Gasteiger partial charge on any atom is 0.124 e. The number of hydrogen-bond donors (Lipinski definition) is 0. The van der Waals surface area contributed by atoms with Crippen LogP contribution in [0.4, 0.5) is 10.1 Å². The Morgan fingerprint density at radius 1 is 0.839 bits per heavy atom. The first-order chi connectivity index (χ1) is 15.1. The van der Waals surface area contributed by atoms with E-state index in [1.807, 2.05) is 42.3 Å². The number of aromatic nitrogens is 1. The lowest BCUT2D eigenvalue weighted by molar-refractivity contribution is 0.428. The number of hydrogen-bond acceptors (Lipinski definition) is 4. The Hall–Kier alpha value is -2.63. The summed E-state index contributed by atoms with van der Waals surface area (Å²) in [5.41, 5.74) is 5.02. The first-order valence-corrected chi connectivity index (χ1v) is 11.6. The molecule has 2 aromatic carbocycles. The van der Waals surface area contributed by atoms with Crippen molar-refractivity contribution in [2.24, 2.45) is 0 Å². The van der Waals surface area contributed by atoms with Gasteiger partial charge in [0, 0.05) is 49.5 Å². The van der Waals surface area contributed by atoms with E-state index in [-0.39, 0.29) is 5.82 Å². The van der Waals surface area contributed by atoms with Gasteiger partial charge in [0.25, 0.3) is 0 Å². The normalized spacial score (nSPS) is 15.2. The van der Waals surface area contributed by atoms with Crippen molar-refractivity contribution in [3.8, 4) is 11.1 Å². The molecule has 1 aromatic heterocycles. The van der Waals surface area contributed by atoms with E-state index in [0.717, 1.165) is 48.4 Å². The number of benzene rings is 2. The molecule has 160 valence electrons. The zero-order valence-electron chi connectivity index (χ0n) is 18.0. The van der Waals surface area contributed by atoms with Crippen LogP contribution in [-0.4, -0.2) is 40.7 Å². The molecule has 31 heavy (non-hydrogen) atoms. The molecule has 0 unspecified atom stereocenters. The topological polar surface area (TPSA) is 19.4 Å². The maximum absolute atomic E-state index is 14.1. The summed E-state index contributed by atoms with van der Waals surface area (Å²) < 4.78 is 16.6. The monoisotopic (exact) mass is 433 g/mol. The van der Waals surface area contributed by atoms with E-state index in [0.29, 0.717) is 5.25 Å². The molecule has 0 saturated carbocycles. The van der Waals surface area contributed by atoms with Crippen molar-refractivity contribution in [2.45, 2.75) is 19.1 Å². The quantitative estimate of drug-likeness (QED) is 0.338. The van der Waals surface area contributed by atoms with Gasteiger partial charge in [0.05, 0.1) is 0 Å². The number of piperazine rings is 1. The second-order valence-electron chi connectivity index (χ2n) is 8.00. The van der Waals surface area contributed by atoms with E-state index in [4.69, 9.17) is 0 Å². The van der Waals surface area contributed by atoms with Crippen molar-refractivity contribution in [3.05, 3.63) is 83.9 Å². The predicted octanol–water partition coefficient (Wildman–Crippen LogP) is 6.24. The van der Waals surface area contributed by atoms with Gasteiger partial charge in [0.2, 0.25) is 0 Å². The zero-order valence-corrected chi connectivity index (χ0v) is 18.9. The molecule has 0 amide bonds. The standard InChI is InChI=1S/C26H28FN3S/c1-20(2)31-30-15-13-29(14-16-30)26-7-5-21(6-8-26)3-4-22-17-24(19-25(27)18-22)23-9-11-28-12-10-23/h3-12,17-20H,13-16H2,1-2H3. The molecule has 3 aromatic rings. The Morgan fingerprint density at radius 2 is 1.52 bits per heavy atom. The third-order valence-electron chi connectivity index (χ3n) is 5.26. The lowest BCUT2D eigenvalue weighted by Crippen LogP contribution is -2.43. The molecule has 1 fully saturated rings. The summed E-state index contributed by atoms with van der Waals surface area (Å²) in [6, 6.07) is 17.5. The fourth-order valence-corrected chi connectivity index (χ4v) is 4.73. The second kappa shape index (κ2) is 10.1. The Kier molecular flexibility index (Phi) is 7.05. The van der Waals surface area contributed by atoms with Crippen molar-refractivity contribution in [1.82, 2.24) is 9.29 Å². The van der Waals surface area contributed by atoms with Gasteiger partial charge in [0.1, 0.15) is 5.82 Å². The summed E-state index contributed by atoms with van der Waals surface area (Å²) in [7, 11) is 0. The van der Waals surface area contributed by atoms with Gasteiger partial charge >= 0.3 is 0 Å². The van der Waals surface area contributed by atoms with Crippen LogP contribution in [0.5, 0.6) is 0 Å². The van der Waals surface area contributed by atoms with Gasteiger partial charge in [-0.1, -0.05) is 50.1 Å². The molecule has 0 aliphatic carbocycles. The van der Waals surface area contributed by atoms with Gasteiger partial charge in [0.15, 0.2) is 0 Å². The van der Waals surface area contributed by atoms with Crippen LogP contribution in [0.25, 0.3) is 23.3 Å². The molecular formula is C26H28FN3S. The smallest absolute Gasteiger partial charge is 0.124 e. The summed E-state index contributed by atoms with van der Waals surface area (Å²) in [6.07, 6.45) is 7.44. The van der Waals surface area contributed by atoms with Crippen molar-refractivity contribution in [2.75, 3.05) is 31.1 Å². The van der Waals surface area contributed by atoms with Crippen LogP contribution in [0.1, 0.15) is 25.0 Å². The highest BCUT2D eigenvalue weighted by Crippen LogP contribution is 2.24. The Labute approximate surface area is 188 Å². The van der Waals surface area contributed by atoms with Crippen molar-refractivity contribution >= 4 is 29.8 Å². The number of halogens is 1. The highest BCUT2D eigenvalue weighted by atomic mass is 32.2. The molecule has 0 radical (unpaired) electrons. The molecule has 3 nitrogen and oxygen atoms in total. The SMILES string of the molecule is CC(C)SN1CCN(c2ccc(C=Cc3cc(F)cc(-c4ccncc4)c3)cc2)CC1.